The Kier molecular flexibility index (Phi) is 4.55. The van der Waals surface area contributed by atoms with Gasteiger partial charge in [-0.2, -0.15) is 0 Å². The predicted octanol–water partition coefficient (Wildman–Crippen LogP) is 1.59. The first-order valence-electron chi connectivity index (χ1n) is 6.80. The van der Waals surface area contributed by atoms with E-state index in [4.69, 9.17) is 5.73 Å². The summed E-state index contributed by atoms with van der Waals surface area (Å²) in [5, 5.41) is 9.29. The number of anilines is 1. The zero-order valence-corrected chi connectivity index (χ0v) is 11.1. The Balaban J connectivity index is 2.32. The second kappa shape index (κ2) is 6.16. The fourth-order valence-electron chi connectivity index (χ4n) is 2.86. The number of aliphatic hydroxyl groups excluding tert-OH is 1. The van der Waals surface area contributed by atoms with Gasteiger partial charge in [0.15, 0.2) is 0 Å². The molecule has 2 rings (SSSR count). The van der Waals surface area contributed by atoms with Gasteiger partial charge in [-0.3, -0.25) is 0 Å². The Bertz CT molecular complexity index is 389. The van der Waals surface area contributed by atoms with E-state index in [0.29, 0.717) is 19.1 Å². The molecule has 3 N–H and O–H groups in total. The molecule has 4 heteroatoms. The molecule has 0 atom stereocenters. The number of nitrogens with two attached hydrogens (primary N) is 1. The smallest absolute Gasteiger partial charge is 0.133 e. The van der Waals surface area contributed by atoms with E-state index in [-0.39, 0.29) is 6.61 Å². The fourth-order valence-corrected chi connectivity index (χ4v) is 2.86. The average molecular weight is 249 g/mol. The maximum absolute atomic E-state index is 9.29. The number of pyridine rings is 1. The van der Waals surface area contributed by atoms with E-state index in [2.05, 4.69) is 16.8 Å². The number of hydrogen-bond acceptors (Lipinski definition) is 4. The number of rotatable bonds is 5. The second-order valence-electron chi connectivity index (χ2n) is 4.99. The van der Waals surface area contributed by atoms with Crippen LogP contribution in [0.15, 0.2) is 12.3 Å². The molecule has 4 nitrogen and oxygen atoms in total. The zero-order chi connectivity index (χ0) is 13.0. The molecule has 1 aliphatic rings. The first-order valence-corrected chi connectivity index (χ1v) is 6.80. The van der Waals surface area contributed by atoms with Crippen molar-refractivity contribution in [3.8, 4) is 0 Å². The summed E-state index contributed by atoms with van der Waals surface area (Å²) in [5.41, 5.74) is 8.15. The molecule has 0 unspecified atom stereocenters. The van der Waals surface area contributed by atoms with Crippen molar-refractivity contribution in [1.82, 2.24) is 4.98 Å². The molecular formula is C14H23N3O. The number of aliphatic hydroxyl groups is 1. The molecule has 0 saturated heterocycles. The Morgan fingerprint density at radius 1 is 1.44 bits per heavy atom. The maximum atomic E-state index is 9.29. The largest absolute Gasteiger partial charge is 0.395 e. The molecule has 100 valence electrons. The van der Waals surface area contributed by atoms with Gasteiger partial charge in [0.25, 0.3) is 0 Å². The molecule has 0 aromatic carbocycles. The van der Waals surface area contributed by atoms with Gasteiger partial charge >= 0.3 is 0 Å². The SMILES string of the molecule is Cc1ccnc(N(CCO)C2CCCC2)c1CN. The zero-order valence-electron chi connectivity index (χ0n) is 11.1. The molecule has 0 radical (unpaired) electrons. The molecule has 0 aliphatic heterocycles. The summed E-state index contributed by atoms with van der Waals surface area (Å²) >= 11 is 0. The predicted molar refractivity (Wildman–Crippen MR) is 73.6 cm³/mol. The molecule has 1 aromatic heterocycles. The molecular weight excluding hydrogens is 226 g/mol. The van der Waals surface area contributed by atoms with Crippen LogP contribution in [0.2, 0.25) is 0 Å². The summed E-state index contributed by atoms with van der Waals surface area (Å²) in [4.78, 5) is 6.76. The minimum absolute atomic E-state index is 0.163. The lowest BCUT2D eigenvalue weighted by atomic mass is 10.1. The van der Waals surface area contributed by atoms with Gasteiger partial charge in [-0.05, 0) is 31.4 Å². The van der Waals surface area contributed by atoms with Crippen molar-refractivity contribution >= 4 is 5.82 Å². The highest BCUT2D eigenvalue weighted by Gasteiger charge is 2.25. The molecule has 0 spiro atoms. The van der Waals surface area contributed by atoms with Gasteiger partial charge < -0.3 is 15.7 Å². The Labute approximate surface area is 109 Å². The van der Waals surface area contributed by atoms with E-state index in [0.717, 1.165) is 11.4 Å². The van der Waals surface area contributed by atoms with Crippen molar-refractivity contribution in [2.24, 2.45) is 5.73 Å². The van der Waals surface area contributed by atoms with Gasteiger partial charge in [-0.15, -0.1) is 0 Å². The second-order valence-corrected chi connectivity index (χ2v) is 4.99. The normalized spacial score (nSPS) is 16.2. The molecule has 1 fully saturated rings. The molecule has 1 saturated carbocycles. The summed E-state index contributed by atoms with van der Waals surface area (Å²) in [5.74, 6) is 0.971. The third-order valence-corrected chi connectivity index (χ3v) is 3.85. The van der Waals surface area contributed by atoms with Crippen LogP contribution in [0.1, 0.15) is 36.8 Å². The third-order valence-electron chi connectivity index (χ3n) is 3.85. The summed E-state index contributed by atoms with van der Waals surface area (Å²) < 4.78 is 0. The lowest BCUT2D eigenvalue weighted by Crippen LogP contribution is -2.37. The molecule has 1 aliphatic carbocycles. The summed E-state index contributed by atoms with van der Waals surface area (Å²) in [6, 6.07) is 2.51. The molecule has 0 amide bonds. The first kappa shape index (κ1) is 13.3. The summed E-state index contributed by atoms with van der Waals surface area (Å²) in [6.45, 7) is 3.38. The highest BCUT2D eigenvalue weighted by molar-refractivity contribution is 5.51. The van der Waals surface area contributed by atoms with Crippen molar-refractivity contribution in [2.75, 3.05) is 18.1 Å². The minimum atomic E-state index is 0.163. The topological polar surface area (TPSA) is 62.4 Å². The van der Waals surface area contributed by atoms with E-state index in [1.807, 2.05) is 12.3 Å². The van der Waals surface area contributed by atoms with Crippen molar-refractivity contribution in [3.05, 3.63) is 23.4 Å². The standard InChI is InChI=1S/C14H23N3O/c1-11-6-7-16-14(13(11)10-15)17(8-9-18)12-4-2-3-5-12/h6-7,12,18H,2-5,8-10,15H2,1H3. The van der Waals surface area contributed by atoms with E-state index >= 15 is 0 Å². The molecule has 1 heterocycles. The van der Waals surface area contributed by atoms with Crippen LogP contribution in [-0.4, -0.2) is 29.3 Å². The highest BCUT2D eigenvalue weighted by atomic mass is 16.3. The minimum Gasteiger partial charge on any atom is -0.395 e. The molecule has 0 bridgehead atoms. The summed E-state index contributed by atoms with van der Waals surface area (Å²) in [6.07, 6.45) is 6.77. The first-order chi connectivity index (χ1) is 8.77. The Morgan fingerprint density at radius 2 is 2.17 bits per heavy atom. The van der Waals surface area contributed by atoms with Crippen LogP contribution in [-0.2, 0) is 6.54 Å². The van der Waals surface area contributed by atoms with Crippen LogP contribution in [0.3, 0.4) is 0 Å². The lowest BCUT2D eigenvalue weighted by Gasteiger charge is -2.31. The van der Waals surface area contributed by atoms with E-state index in [9.17, 15) is 5.11 Å². The Hall–Kier alpha value is -1.13. The summed E-state index contributed by atoms with van der Waals surface area (Å²) in [7, 11) is 0. The van der Waals surface area contributed by atoms with Crippen molar-refractivity contribution in [1.29, 1.82) is 0 Å². The number of hydrogen-bond donors (Lipinski definition) is 2. The van der Waals surface area contributed by atoms with Crippen molar-refractivity contribution < 1.29 is 5.11 Å². The quantitative estimate of drug-likeness (QED) is 0.832. The monoisotopic (exact) mass is 249 g/mol. The van der Waals surface area contributed by atoms with E-state index < -0.39 is 0 Å². The van der Waals surface area contributed by atoms with Gasteiger partial charge in [-0.1, -0.05) is 12.8 Å². The van der Waals surface area contributed by atoms with E-state index in [1.54, 1.807) is 0 Å². The lowest BCUT2D eigenvalue weighted by molar-refractivity contribution is 0.296. The molecule has 18 heavy (non-hydrogen) atoms. The van der Waals surface area contributed by atoms with Crippen molar-refractivity contribution in [2.45, 2.75) is 45.2 Å². The van der Waals surface area contributed by atoms with Crippen molar-refractivity contribution in [3.63, 3.8) is 0 Å². The van der Waals surface area contributed by atoms with Gasteiger partial charge in [-0.25, -0.2) is 4.98 Å². The van der Waals surface area contributed by atoms with Gasteiger partial charge in [0.2, 0.25) is 0 Å². The van der Waals surface area contributed by atoms with Crippen LogP contribution in [0.5, 0.6) is 0 Å². The van der Waals surface area contributed by atoms with E-state index in [1.165, 1.54) is 31.2 Å². The van der Waals surface area contributed by atoms with Crippen LogP contribution in [0.25, 0.3) is 0 Å². The van der Waals surface area contributed by atoms with Gasteiger partial charge in [0.05, 0.1) is 6.61 Å². The molecule has 1 aromatic rings. The fraction of sp³-hybridized carbons (Fsp3) is 0.643. The van der Waals surface area contributed by atoms with Gasteiger partial charge in [0.1, 0.15) is 5.82 Å². The van der Waals surface area contributed by atoms with Gasteiger partial charge in [0, 0.05) is 30.9 Å². The van der Waals surface area contributed by atoms with Crippen LogP contribution < -0.4 is 10.6 Å². The number of nitrogens with zero attached hydrogens (tertiary/aromatic N) is 2. The van der Waals surface area contributed by atoms with Crippen LogP contribution in [0.4, 0.5) is 5.82 Å². The highest BCUT2D eigenvalue weighted by Crippen LogP contribution is 2.29. The number of aromatic nitrogens is 1. The number of aryl methyl sites for hydroxylation is 1. The maximum Gasteiger partial charge on any atom is 0.133 e. The van der Waals surface area contributed by atoms with Crippen LogP contribution in [0, 0.1) is 6.92 Å². The van der Waals surface area contributed by atoms with Crippen LogP contribution >= 0.6 is 0 Å². The average Bonchev–Trinajstić information content (AvgIpc) is 2.89. The third kappa shape index (κ3) is 2.65. The Morgan fingerprint density at radius 3 is 2.78 bits per heavy atom.